The van der Waals surface area contributed by atoms with E-state index in [4.69, 9.17) is 20.7 Å². The molecule has 24 heavy (non-hydrogen) atoms. The number of hydrogen-bond acceptors (Lipinski definition) is 7. The summed E-state index contributed by atoms with van der Waals surface area (Å²) in [5.41, 5.74) is 7.65. The number of carbonyl (C=O) groups excluding carboxylic acids is 1. The number of nitrogens with zero attached hydrogens (tertiary/aromatic N) is 1. The van der Waals surface area contributed by atoms with Crippen molar-refractivity contribution >= 4 is 17.8 Å². The van der Waals surface area contributed by atoms with Crippen LogP contribution in [0, 0.1) is 0 Å². The summed E-state index contributed by atoms with van der Waals surface area (Å²) in [6.45, 7) is -0.0718. The van der Waals surface area contributed by atoms with Gasteiger partial charge in [0.15, 0.2) is 0 Å². The van der Waals surface area contributed by atoms with Crippen LogP contribution in [-0.2, 0) is 25.7 Å². The molecule has 0 radical (unpaired) electrons. The highest BCUT2D eigenvalue weighted by Gasteiger charge is 2.29. The van der Waals surface area contributed by atoms with Crippen LogP contribution in [-0.4, -0.2) is 50.7 Å². The van der Waals surface area contributed by atoms with E-state index in [-0.39, 0.29) is 24.6 Å². The number of aliphatic carboxylic acids is 2. The average Bonchev–Trinajstić information content (AvgIpc) is 2.51. The smallest absolute Gasteiger partial charge is 0.349 e. The first kappa shape index (κ1) is 19.5. The Morgan fingerprint density at radius 1 is 1.17 bits per heavy atom. The second kappa shape index (κ2) is 9.57. The number of primary amides is 1. The van der Waals surface area contributed by atoms with Crippen LogP contribution in [0.3, 0.4) is 0 Å². The highest BCUT2D eigenvalue weighted by atomic mass is 16.6. The Morgan fingerprint density at radius 2 is 1.79 bits per heavy atom. The van der Waals surface area contributed by atoms with Gasteiger partial charge >= 0.3 is 11.9 Å². The Bertz CT molecular complexity index is 567. The molecule has 10 nitrogen and oxygen atoms in total. The zero-order valence-electron chi connectivity index (χ0n) is 12.7. The van der Waals surface area contributed by atoms with Crippen LogP contribution in [0.15, 0.2) is 30.3 Å². The summed E-state index contributed by atoms with van der Waals surface area (Å²) in [6.07, 6.45) is -2.29. The number of carbonyl (C=O) groups is 3. The van der Waals surface area contributed by atoms with Crippen LogP contribution in [0.2, 0.25) is 0 Å². The van der Waals surface area contributed by atoms with Crippen molar-refractivity contribution in [3.05, 3.63) is 35.9 Å². The largest absolute Gasteiger partial charge is 0.480 e. The Morgan fingerprint density at radius 3 is 2.29 bits per heavy atom. The third-order valence-electron chi connectivity index (χ3n) is 2.98. The summed E-state index contributed by atoms with van der Waals surface area (Å²) in [5.74, 6) is -3.66. The number of carboxylic acids is 2. The van der Waals surface area contributed by atoms with Crippen molar-refractivity contribution in [2.75, 3.05) is 0 Å². The molecule has 1 unspecified atom stereocenters. The van der Waals surface area contributed by atoms with Crippen LogP contribution >= 0.6 is 0 Å². The van der Waals surface area contributed by atoms with Crippen LogP contribution < -0.4 is 11.2 Å². The Labute approximate surface area is 137 Å². The zero-order chi connectivity index (χ0) is 18.1. The molecule has 0 saturated carbocycles. The van der Waals surface area contributed by atoms with Gasteiger partial charge in [-0.3, -0.25) is 14.8 Å². The van der Waals surface area contributed by atoms with E-state index in [1.807, 2.05) is 5.43 Å². The van der Waals surface area contributed by atoms with Crippen molar-refractivity contribution in [3.8, 4) is 0 Å². The molecule has 1 rings (SSSR count). The third kappa shape index (κ3) is 6.71. The fraction of sp³-hybridized carbons (Fsp3) is 0.357. The van der Waals surface area contributed by atoms with Gasteiger partial charge in [0.1, 0.15) is 6.04 Å². The summed E-state index contributed by atoms with van der Waals surface area (Å²) >= 11 is 0. The van der Waals surface area contributed by atoms with E-state index in [9.17, 15) is 19.6 Å². The fourth-order valence-corrected chi connectivity index (χ4v) is 1.76. The monoisotopic (exact) mass is 341 g/mol. The second-order valence-electron chi connectivity index (χ2n) is 4.85. The number of amides is 1. The summed E-state index contributed by atoms with van der Waals surface area (Å²) in [4.78, 5) is 33.0. The first-order chi connectivity index (χ1) is 11.3. The van der Waals surface area contributed by atoms with Gasteiger partial charge in [-0.25, -0.2) is 4.79 Å². The molecule has 0 aliphatic rings. The van der Waals surface area contributed by atoms with Crippen LogP contribution in [0.25, 0.3) is 0 Å². The third-order valence-corrected chi connectivity index (χ3v) is 2.98. The highest BCUT2D eigenvalue weighted by molar-refractivity contribution is 5.77. The molecule has 0 saturated heterocycles. The number of hydrazine groups is 1. The number of rotatable bonds is 11. The van der Waals surface area contributed by atoms with Gasteiger partial charge in [0.2, 0.25) is 12.1 Å². The standard InChI is InChI=1S/C14H19N3O7/c15-11(18)7-6-10(13(19)20)17(23)16-12(14(21)22)24-8-9-4-2-1-3-5-9/h1-5,10,12,16,23H,6-8H2,(H2,15,18)(H,19,20)(H,21,22)/t10-,12?/m0/s1. The molecule has 0 aliphatic carbocycles. The van der Waals surface area contributed by atoms with E-state index in [0.29, 0.717) is 5.56 Å². The van der Waals surface area contributed by atoms with Crippen molar-refractivity contribution in [1.82, 2.24) is 10.6 Å². The molecular formula is C14H19N3O7. The molecule has 1 aromatic rings. The Hall–Kier alpha value is -2.53. The van der Waals surface area contributed by atoms with E-state index >= 15 is 0 Å². The van der Waals surface area contributed by atoms with Gasteiger partial charge in [-0.1, -0.05) is 30.3 Å². The molecule has 2 atom stereocenters. The molecule has 0 spiro atoms. The maximum Gasteiger partial charge on any atom is 0.349 e. The van der Waals surface area contributed by atoms with E-state index in [0.717, 1.165) is 0 Å². The lowest BCUT2D eigenvalue weighted by Crippen LogP contribution is -2.54. The molecule has 0 aliphatic heterocycles. The van der Waals surface area contributed by atoms with Crippen LogP contribution in [0.1, 0.15) is 18.4 Å². The molecule has 10 heteroatoms. The molecule has 0 bridgehead atoms. The summed E-state index contributed by atoms with van der Waals surface area (Å²) in [7, 11) is 0. The number of hydroxylamine groups is 1. The average molecular weight is 341 g/mol. The SMILES string of the molecule is NC(=O)CC[C@@H](C(=O)O)N(O)NC(OCc1ccccc1)C(=O)O. The predicted molar refractivity (Wildman–Crippen MR) is 79.3 cm³/mol. The number of benzene rings is 1. The number of carboxylic acid groups (broad SMARTS) is 2. The molecule has 0 fully saturated rings. The second-order valence-corrected chi connectivity index (χ2v) is 4.85. The minimum Gasteiger partial charge on any atom is -0.480 e. The van der Waals surface area contributed by atoms with E-state index in [1.165, 1.54) is 0 Å². The molecule has 6 N–H and O–H groups in total. The maximum atomic E-state index is 11.2. The summed E-state index contributed by atoms with van der Waals surface area (Å²) in [6, 6.07) is 7.11. The summed E-state index contributed by atoms with van der Waals surface area (Å²) in [5, 5.41) is 28.0. The molecule has 132 valence electrons. The van der Waals surface area contributed by atoms with Gasteiger partial charge in [0.05, 0.1) is 6.61 Å². The number of nitrogens with one attached hydrogen (secondary N) is 1. The lowest BCUT2D eigenvalue weighted by molar-refractivity contribution is -0.220. The number of nitrogens with two attached hydrogens (primary N) is 1. The molecular weight excluding hydrogens is 322 g/mol. The van der Waals surface area contributed by atoms with Gasteiger partial charge in [-0.15, -0.1) is 5.17 Å². The number of ether oxygens (including phenoxy) is 1. The lowest BCUT2D eigenvalue weighted by Gasteiger charge is -2.26. The molecule has 1 amide bonds. The Balaban J connectivity index is 2.65. The van der Waals surface area contributed by atoms with Crippen molar-refractivity contribution in [2.24, 2.45) is 5.73 Å². The zero-order valence-corrected chi connectivity index (χ0v) is 12.7. The van der Waals surface area contributed by atoms with E-state index < -0.39 is 30.1 Å². The topological polar surface area (TPSA) is 162 Å². The van der Waals surface area contributed by atoms with Gasteiger partial charge in [0, 0.05) is 6.42 Å². The van der Waals surface area contributed by atoms with Crippen LogP contribution in [0.5, 0.6) is 0 Å². The van der Waals surface area contributed by atoms with Crippen molar-refractivity contribution in [3.63, 3.8) is 0 Å². The number of hydrogen-bond donors (Lipinski definition) is 5. The highest BCUT2D eigenvalue weighted by Crippen LogP contribution is 2.07. The van der Waals surface area contributed by atoms with E-state index in [2.05, 4.69) is 0 Å². The quantitative estimate of drug-likeness (QED) is 0.264. The van der Waals surface area contributed by atoms with Crippen molar-refractivity contribution in [1.29, 1.82) is 0 Å². The van der Waals surface area contributed by atoms with Gasteiger partial charge in [-0.2, -0.15) is 5.43 Å². The van der Waals surface area contributed by atoms with Gasteiger partial charge < -0.3 is 20.7 Å². The summed E-state index contributed by atoms with van der Waals surface area (Å²) < 4.78 is 5.12. The Kier molecular flexibility index (Phi) is 7.79. The minimum atomic E-state index is -1.69. The van der Waals surface area contributed by atoms with Gasteiger partial charge in [-0.05, 0) is 12.0 Å². The fourth-order valence-electron chi connectivity index (χ4n) is 1.76. The first-order valence-corrected chi connectivity index (χ1v) is 6.95. The van der Waals surface area contributed by atoms with E-state index in [1.54, 1.807) is 30.3 Å². The molecule has 1 aromatic carbocycles. The maximum absolute atomic E-state index is 11.2. The minimum absolute atomic E-state index is 0.0718. The normalized spacial score (nSPS) is 13.4. The van der Waals surface area contributed by atoms with Crippen molar-refractivity contribution in [2.45, 2.75) is 31.7 Å². The molecule has 0 aromatic heterocycles. The lowest BCUT2D eigenvalue weighted by atomic mass is 10.1. The van der Waals surface area contributed by atoms with Crippen molar-refractivity contribution < 1.29 is 34.5 Å². The predicted octanol–water partition coefficient (Wildman–Crippen LogP) is -0.472. The van der Waals surface area contributed by atoms with Gasteiger partial charge in [0.25, 0.3) is 0 Å². The van der Waals surface area contributed by atoms with Crippen LogP contribution in [0.4, 0.5) is 0 Å². The first-order valence-electron chi connectivity index (χ1n) is 6.95. The molecule has 0 heterocycles.